The summed E-state index contributed by atoms with van der Waals surface area (Å²) in [5, 5.41) is 20.4. The molecular weight excluding hydrogens is 311 g/mol. The first-order valence-corrected chi connectivity index (χ1v) is 8.17. The maximum Gasteiger partial charge on any atom is 0.488 e. The lowest BCUT2D eigenvalue weighted by Crippen LogP contribution is -2.30. The van der Waals surface area contributed by atoms with E-state index in [-0.39, 0.29) is 0 Å². The molecule has 0 fully saturated rings. The van der Waals surface area contributed by atoms with E-state index >= 15 is 0 Å². The summed E-state index contributed by atoms with van der Waals surface area (Å²) in [6.45, 7) is 2.04. The SMILES string of the molecule is Cc1ccc2c(c1)=NC(c1ccccc1)(c1ccc(B(O)O)cc1)N=2. The fraction of sp³-hybridized carbons (Fsp3) is 0.100. The largest absolute Gasteiger partial charge is 0.488 e. The Morgan fingerprint density at radius 1 is 0.760 bits per heavy atom. The molecule has 1 atom stereocenters. The molecule has 0 aliphatic carbocycles. The standard InChI is InChI=1S/C20H17BN2O2/c1-14-7-12-18-19(13-14)23-20(22-18,15-5-3-2-4-6-15)16-8-10-17(11-9-16)21(24)25/h2-13,24-25H,1H3. The maximum atomic E-state index is 9.34. The van der Waals surface area contributed by atoms with Crippen LogP contribution in [-0.2, 0) is 5.66 Å². The summed E-state index contributed by atoms with van der Waals surface area (Å²) < 4.78 is 0. The minimum Gasteiger partial charge on any atom is -0.423 e. The van der Waals surface area contributed by atoms with Crippen LogP contribution in [-0.4, -0.2) is 17.2 Å². The quantitative estimate of drug-likeness (QED) is 0.700. The van der Waals surface area contributed by atoms with Gasteiger partial charge >= 0.3 is 7.12 Å². The third kappa shape index (κ3) is 2.67. The molecule has 1 aliphatic rings. The molecule has 1 heterocycles. The molecule has 0 radical (unpaired) electrons. The molecule has 25 heavy (non-hydrogen) atoms. The summed E-state index contributed by atoms with van der Waals surface area (Å²) in [5.41, 5.74) is 2.59. The zero-order valence-corrected chi connectivity index (χ0v) is 13.8. The van der Waals surface area contributed by atoms with Gasteiger partial charge in [0.25, 0.3) is 0 Å². The normalized spacial score (nSPS) is 18.2. The second-order valence-electron chi connectivity index (χ2n) is 6.25. The van der Waals surface area contributed by atoms with Crippen LogP contribution >= 0.6 is 0 Å². The van der Waals surface area contributed by atoms with Gasteiger partial charge in [0.15, 0.2) is 0 Å². The number of hydrogen-bond acceptors (Lipinski definition) is 4. The van der Waals surface area contributed by atoms with E-state index in [9.17, 15) is 10.0 Å². The van der Waals surface area contributed by atoms with Crippen LogP contribution in [0.3, 0.4) is 0 Å². The van der Waals surface area contributed by atoms with Crippen molar-refractivity contribution in [2.45, 2.75) is 12.6 Å². The molecule has 2 N–H and O–H groups in total. The van der Waals surface area contributed by atoms with Crippen molar-refractivity contribution in [3.8, 4) is 0 Å². The Balaban J connectivity index is 1.96. The average Bonchev–Trinajstić information content (AvgIpc) is 3.02. The van der Waals surface area contributed by atoms with Gasteiger partial charge in [-0.25, -0.2) is 9.98 Å². The first kappa shape index (κ1) is 15.8. The third-order valence-corrected chi connectivity index (χ3v) is 4.48. The Bertz CT molecular complexity index is 1030. The predicted octanol–water partition coefficient (Wildman–Crippen LogP) is 0.829. The van der Waals surface area contributed by atoms with E-state index in [0.29, 0.717) is 5.46 Å². The van der Waals surface area contributed by atoms with Crippen LogP contribution in [0.15, 0.2) is 82.8 Å². The smallest absolute Gasteiger partial charge is 0.423 e. The van der Waals surface area contributed by atoms with Crippen molar-refractivity contribution < 1.29 is 10.0 Å². The van der Waals surface area contributed by atoms with Crippen LogP contribution in [0.5, 0.6) is 0 Å². The highest BCUT2D eigenvalue weighted by Crippen LogP contribution is 2.35. The Labute approximate surface area is 146 Å². The van der Waals surface area contributed by atoms with Crippen LogP contribution < -0.4 is 16.2 Å². The van der Waals surface area contributed by atoms with Gasteiger partial charge in [0.05, 0.1) is 10.7 Å². The molecule has 0 saturated heterocycles. The zero-order chi connectivity index (χ0) is 17.4. The van der Waals surface area contributed by atoms with Crippen LogP contribution in [0.25, 0.3) is 0 Å². The molecule has 3 aromatic carbocycles. The van der Waals surface area contributed by atoms with Crippen LogP contribution in [0.1, 0.15) is 16.7 Å². The fourth-order valence-corrected chi connectivity index (χ4v) is 3.17. The first-order chi connectivity index (χ1) is 12.1. The number of hydrogen-bond donors (Lipinski definition) is 2. The van der Waals surface area contributed by atoms with Crippen molar-refractivity contribution >= 4 is 12.6 Å². The van der Waals surface area contributed by atoms with Gasteiger partial charge in [0, 0.05) is 11.1 Å². The summed E-state index contributed by atoms with van der Waals surface area (Å²) >= 11 is 0. The molecule has 4 nitrogen and oxygen atoms in total. The lowest BCUT2D eigenvalue weighted by Gasteiger charge is -2.24. The number of fused-ring (bicyclic) bond motifs is 1. The number of nitrogens with zero attached hydrogens (tertiary/aromatic N) is 2. The highest BCUT2D eigenvalue weighted by molar-refractivity contribution is 6.58. The average molecular weight is 328 g/mol. The molecule has 1 unspecified atom stereocenters. The predicted molar refractivity (Wildman–Crippen MR) is 97.0 cm³/mol. The van der Waals surface area contributed by atoms with Gasteiger partial charge in [0.2, 0.25) is 5.66 Å². The molecule has 5 heteroatoms. The molecule has 4 rings (SSSR count). The minimum absolute atomic E-state index is 0.443. The lowest BCUT2D eigenvalue weighted by molar-refractivity contribution is 0.425. The van der Waals surface area contributed by atoms with Gasteiger partial charge < -0.3 is 10.0 Å². The molecule has 0 amide bonds. The van der Waals surface area contributed by atoms with E-state index in [0.717, 1.165) is 27.4 Å². The van der Waals surface area contributed by atoms with E-state index in [4.69, 9.17) is 9.98 Å². The van der Waals surface area contributed by atoms with E-state index < -0.39 is 12.8 Å². The van der Waals surface area contributed by atoms with Crippen molar-refractivity contribution in [2.24, 2.45) is 9.98 Å². The maximum absolute atomic E-state index is 9.34. The van der Waals surface area contributed by atoms with E-state index in [2.05, 4.69) is 0 Å². The monoisotopic (exact) mass is 328 g/mol. The first-order valence-electron chi connectivity index (χ1n) is 8.17. The van der Waals surface area contributed by atoms with Crippen molar-refractivity contribution in [3.63, 3.8) is 0 Å². The molecule has 0 bridgehead atoms. The second-order valence-corrected chi connectivity index (χ2v) is 6.25. The molecule has 3 aromatic rings. The van der Waals surface area contributed by atoms with Gasteiger partial charge in [-0.1, -0.05) is 60.7 Å². The molecular formula is C20H17BN2O2. The van der Waals surface area contributed by atoms with Crippen molar-refractivity contribution in [3.05, 3.63) is 100 Å². The Morgan fingerprint density at radius 2 is 1.40 bits per heavy atom. The Hall–Kier alpha value is -2.76. The van der Waals surface area contributed by atoms with Gasteiger partial charge in [-0.05, 0) is 30.1 Å². The van der Waals surface area contributed by atoms with E-state index in [1.54, 1.807) is 12.1 Å². The summed E-state index contributed by atoms with van der Waals surface area (Å²) in [6.07, 6.45) is 0. The summed E-state index contributed by atoms with van der Waals surface area (Å²) in [7, 11) is -1.49. The highest BCUT2D eigenvalue weighted by Gasteiger charge is 2.35. The van der Waals surface area contributed by atoms with Crippen LogP contribution in [0.4, 0.5) is 0 Å². The Kier molecular flexibility index (Phi) is 3.75. The van der Waals surface area contributed by atoms with E-state index in [1.807, 2.05) is 67.6 Å². The zero-order valence-electron chi connectivity index (χ0n) is 13.8. The van der Waals surface area contributed by atoms with Gasteiger partial charge in [-0.3, -0.25) is 0 Å². The van der Waals surface area contributed by atoms with Crippen LogP contribution in [0, 0.1) is 6.92 Å². The van der Waals surface area contributed by atoms with Crippen LogP contribution in [0.2, 0.25) is 0 Å². The summed E-state index contributed by atoms with van der Waals surface area (Å²) in [5.74, 6) is 0. The van der Waals surface area contributed by atoms with Crippen molar-refractivity contribution in [2.75, 3.05) is 0 Å². The van der Waals surface area contributed by atoms with E-state index in [1.165, 1.54) is 0 Å². The van der Waals surface area contributed by atoms with Gasteiger partial charge in [-0.15, -0.1) is 0 Å². The third-order valence-electron chi connectivity index (χ3n) is 4.48. The van der Waals surface area contributed by atoms with Gasteiger partial charge in [0.1, 0.15) is 0 Å². The fourth-order valence-electron chi connectivity index (χ4n) is 3.17. The Morgan fingerprint density at radius 3 is 2.08 bits per heavy atom. The van der Waals surface area contributed by atoms with Gasteiger partial charge in [-0.2, -0.15) is 0 Å². The lowest BCUT2D eigenvalue weighted by atomic mass is 9.79. The minimum atomic E-state index is -1.49. The molecule has 0 aromatic heterocycles. The highest BCUT2D eigenvalue weighted by atomic mass is 16.4. The number of benzene rings is 3. The molecule has 0 saturated carbocycles. The van der Waals surface area contributed by atoms with Crippen molar-refractivity contribution in [1.29, 1.82) is 0 Å². The molecule has 1 aliphatic heterocycles. The topological polar surface area (TPSA) is 65.2 Å². The second kappa shape index (κ2) is 5.95. The molecule has 0 spiro atoms. The number of rotatable bonds is 3. The number of aryl methyl sites for hydroxylation is 1. The van der Waals surface area contributed by atoms with Crippen molar-refractivity contribution in [1.82, 2.24) is 0 Å². The summed E-state index contributed by atoms with van der Waals surface area (Å²) in [6, 6.07) is 23.1. The molecule has 122 valence electrons. The summed E-state index contributed by atoms with van der Waals surface area (Å²) in [4.78, 5) is 9.91.